The fraction of sp³-hybridized carbons (Fsp3) is 0.909. The predicted molar refractivity (Wildman–Crippen MR) is 59.9 cm³/mol. The largest absolute Gasteiger partial charge is 0.481 e. The van der Waals surface area contributed by atoms with E-state index >= 15 is 0 Å². The van der Waals surface area contributed by atoms with Gasteiger partial charge in [-0.05, 0) is 18.4 Å². The van der Waals surface area contributed by atoms with Crippen molar-refractivity contribution in [3.63, 3.8) is 0 Å². The third-order valence-corrected chi connectivity index (χ3v) is 2.79. The van der Waals surface area contributed by atoms with Crippen LogP contribution >= 0.6 is 0 Å². The zero-order valence-corrected chi connectivity index (χ0v) is 9.89. The van der Waals surface area contributed by atoms with Crippen molar-refractivity contribution in [3.05, 3.63) is 0 Å². The predicted octanol–water partition coefficient (Wildman–Crippen LogP) is 0.829. The summed E-state index contributed by atoms with van der Waals surface area (Å²) < 4.78 is 0. The summed E-state index contributed by atoms with van der Waals surface area (Å²) in [4.78, 5) is 10.7. The van der Waals surface area contributed by atoms with Crippen molar-refractivity contribution in [2.75, 3.05) is 19.6 Å². The van der Waals surface area contributed by atoms with Gasteiger partial charge in [-0.25, -0.2) is 0 Å². The van der Waals surface area contributed by atoms with E-state index in [0.29, 0.717) is 5.41 Å². The van der Waals surface area contributed by atoms with Crippen LogP contribution in [0.1, 0.15) is 33.6 Å². The van der Waals surface area contributed by atoms with Gasteiger partial charge >= 0.3 is 5.97 Å². The Kier molecular flexibility index (Phi) is 3.73. The van der Waals surface area contributed by atoms with Crippen LogP contribution in [0.4, 0.5) is 0 Å². The molecule has 1 fully saturated rings. The maximum Gasteiger partial charge on any atom is 0.305 e. The van der Waals surface area contributed by atoms with Crippen molar-refractivity contribution in [2.45, 2.75) is 39.2 Å². The third kappa shape index (κ3) is 4.18. The maximum atomic E-state index is 10.7. The standard InChI is InChI=1S/C11H22N2O2/c1-10(2,3)4-5-13-11(6-9(14)15)7-12-8-11/h12-13H,4-8H2,1-3H3,(H,14,15). The Hall–Kier alpha value is -0.610. The minimum Gasteiger partial charge on any atom is -0.481 e. The number of carbonyl (C=O) groups is 1. The molecular formula is C11H22N2O2. The van der Waals surface area contributed by atoms with Gasteiger partial charge in [-0.15, -0.1) is 0 Å². The molecule has 1 aliphatic rings. The summed E-state index contributed by atoms with van der Waals surface area (Å²) in [5.74, 6) is -0.722. The van der Waals surface area contributed by atoms with Gasteiger partial charge in [-0.1, -0.05) is 20.8 Å². The molecule has 88 valence electrons. The van der Waals surface area contributed by atoms with E-state index in [0.717, 1.165) is 26.1 Å². The first-order valence-corrected chi connectivity index (χ1v) is 5.51. The minimum atomic E-state index is -0.722. The SMILES string of the molecule is CC(C)(C)CCNC1(CC(=O)O)CNC1. The number of carboxylic acids is 1. The zero-order chi connectivity index (χ0) is 11.5. The first-order valence-electron chi connectivity index (χ1n) is 5.51. The molecule has 4 nitrogen and oxygen atoms in total. The molecule has 0 unspecified atom stereocenters. The lowest BCUT2D eigenvalue weighted by Crippen LogP contribution is -2.68. The van der Waals surface area contributed by atoms with Crippen molar-refractivity contribution >= 4 is 5.97 Å². The van der Waals surface area contributed by atoms with E-state index < -0.39 is 5.97 Å². The van der Waals surface area contributed by atoms with Crippen LogP contribution in [0.25, 0.3) is 0 Å². The summed E-state index contributed by atoms with van der Waals surface area (Å²) in [6, 6.07) is 0. The summed E-state index contributed by atoms with van der Waals surface area (Å²) in [5, 5.41) is 15.3. The molecule has 0 aromatic rings. The van der Waals surface area contributed by atoms with E-state index in [-0.39, 0.29) is 12.0 Å². The van der Waals surface area contributed by atoms with Crippen LogP contribution in [-0.4, -0.2) is 36.2 Å². The summed E-state index contributed by atoms with van der Waals surface area (Å²) in [5.41, 5.74) is 0.103. The third-order valence-electron chi connectivity index (χ3n) is 2.79. The highest BCUT2D eigenvalue weighted by Crippen LogP contribution is 2.20. The van der Waals surface area contributed by atoms with Crippen LogP contribution in [0.5, 0.6) is 0 Å². The Bertz CT molecular complexity index is 229. The second-order valence-corrected chi connectivity index (χ2v) is 5.69. The summed E-state index contributed by atoms with van der Waals surface area (Å²) in [6.07, 6.45) is 1.28. The summed E-state index contributed by atoms with van der Waals surface area (Å²) >= 11 is 0. The first-order chi connectivity index (χ1) is 6.83. The van der Waals surface area contributed by atoms with E-state index in [2.05, 4.69) is 31.4 Å². The van der Waals surface area contributed by atoms with Crippen LogP contribution in [-0.2, 0) is 4.79 Å². The lowest BCUT2D eigenvalue weighted by molar-refractivity contribution is -0.139. The molecule has 0 aliphatic carbocycles. The van der Waals surface area contributed by atoms with Crippen molar-refractivity contribution in [1.82, 2.24) is 10.6 Å². The number of nitrogens with one attached hydrogen (secondary N) is 2. The van der Waals surface area contributed by atoms with Gasteiger partial charge in [0.25, 0.3) is 0 Å². The number of rotatable bonds is 5. The van der Waals surface area contributed by atoms with E-state index in [1.165, 1.54) is 0 Å². The van der Waals surface area contributed by atoms with Crippen molar-refractivity contribution < 1.29 is 9.90 Å². The molecule has 0 atom stereocenters. The average molecular weight is 214 g/mol. The van der Waals surface area contributed by atoms with E-state index in [9.17, 15) is 4.79 Å². The van der Waals surface area contributed by atoms with Gasteiger partial charge in [-0.2, -0.15) is 0 Å². The number of carboxylic acid groups (broad SMARTS) is 1. The lowest BCUT2D eigenvalue weighted by atomic mass is 9.87. The van der Waals surface area contributed by atoms with Gasteiger partial charge in [0.05, 0.1) is 12.0 Å². The molecule has 3 N–H and O–H groups in total. The van der Waals surface area contributed by atoms with E-state index in [1.54, 1.807) is 0 Å². The molecular weight excluding hydrogens is 192 g/mol. The molecule has 0 saturated carbocycles. The monoisotopic (exact) mass is 214 g/mol. The minimum absolute atomic E-state index is 0.197. The molecule has 0 amide bonds. The van der Waals surface area contributed by atoms with Gasteiger partial charge in [0.1, 0.15) is 0 Å². The van der Waals surface area contributed by atoms with E-state index in [4.69, 9.17) is 5.11 Å². The van der Waals surface area contributed by atoms with Crippen molar-refractivity contribution in [3.8, 4) is 0 Å². The highest BCUT2D eigenvalue weighted by atomic mass is 16.4. The van der Waals surface area contributed by atoms with Gasteiger partial charge in [0.15, 0.2) is 0 Å². The molecule has 1 rings (SSSR count). The number of hydrogen-bond donors (Lipinski definition) is 3. The second-order valence-electron chi connectivity index (χ2n) is 5.69. The highest BCUT2D eigenvalue weighted by molar-refractivity contribution is 5.68. The van der Waals surface area contributed by atoms with Crippen molar-refractivity contribution in [1.29, 1.82) is 0 Å². The normalized spacial score (nSPS) is 19.7. The fourth-order valence-electron chi connectivity index (χ4n) is 1.73. The Morgan fingerprint density at radius 2 is 2.07 bits per heavy atom. The van der Waals surface area contributed by atoms with Crippen LogP contribution in [0.15, 0.2) is 0 Å². The van der Waals surface area contributed by atoms with Gasteiger partial charge in [0.2, 0.25) is 0 Å². The first kappa shape index (κ1) is 12.5. The maximum absolute atomic E-state index is 10.7. The zero-order valence-electron chi connectivity index (χ0n) is 9.89. The topological polar surface area (TPSA) is 61.4 Å². The number of hydrogen-bond acceptors (Lipinski definition) is 3. The van der Waals surface area contributed by atoms with Crippen LogP contribution in [0.3, 0.4) is 0 Å². The quantitative estimate of drug-likeness (QED) is 0.634. The molecule has 0 aromatic heterocycles. The highest BCUT2D eigenvalue weighted by Gasteiger charge is 2.38. The molecule has 1 saturated heterocycles. The van der Waals surface area contributed by atoms with Gasteiger partial charge < -0.3 is 15.7 Å². The second kappa shape index (κ2) is 4.49. The Balaban J connectivity index is 2.31. The molecule has 0 aromatic carbocycles. The van der Waals surface area contributed by atoms with Gasteiger partial charge in [-0.3, -0.25) is 4.79 Å². The summed E-state index contributed by atoms with van der Waals surface area (Å²) in [6.45, 7) is 9.00. The van der Waals surface area contributed by atoms with Crippen molar-refractivity contribution in [2.24, 2.45) is 5.41 Å². The van der Waals surface area contributed by atoms with E-state index in [1.807, 2.05) is 0 Å². The van der Waals surface area contributed by atoms with Crippen LogP contribution in [0, 0.1) is 5.41 Å². The van der Waals surface area contributed by atoms with Gasteiger partial charge in [0, 0.05) is 13.1 Å². The molecule has 0 radical (unpaired) electrons. The molecule has 15 heavy (non-hydrogen) atoms. The average Bonchev–Trinajstić information content (AvgIpc) is 1.96. The number of aliphatic carboxylic acids is 1. The molecule has 0 spiro atoms. The van der Waals surface area contributed by atoms with Crippen LogP contribution < -0.4 is 10.6 Å². The fourth-order valence-corrected chi connectivity index (χ4v) is 1.73. The Labute approximate surface area is 91.4 Å². The Morgan fingerprint density at radius 1 is 1.47 bits per heavy atom. The molecule has 1 aliphatic heterocycles. The molecule has 0 bridgehead atoms. The molecule has 4 heteroatoms. The lowest BCUT2D eigenvalue weighted by Gasteiger charge is -2.43. The smallest absolute Gasteiger partial charge is 0.305 e. The molecule has 1 heterocycles. The van der Waals surface area contributed by atoms with Crippen LogP contribution in [0.2, 0.25) is 0 Å². The Morgan fingerprint density at radius 3 is 2.40 bits per heavy atom. The summed E-state index contributed by atoms with van der Waals surface area (Å²) in [7, 11) is 0.